The summed E-state index contributed by atoms with van der Waals surface area (Å²) in [7, 11) is -2.04. The molecular weight excluding hydrogens is 244 g/mol. The molecule has 0 radical (unpaired) electrons. The van der Waals surface area contributed by atoms with Crippen LogP contribution in [0.15, 0.2) is 23.5 Å². The van der Waals surface area contributed by atoms with Gasteiger partial charge in [-0.3, -0.25) is 9.78 Å². The van der Waals surface area contributed by atoms with E-state index in [0.29, 0.717) is 0 Å². The molecule has 4 N–H and O–H groups in total. The number of aromatic amines is 1. The van der Waals surface area contributed by atoms with Gasteiger partial charge in [0.2, 0.25) is 10.0 Å². The molecule has 2 rings (SSSR count). The van der Waals surface area contributed by atoms with E-state index < -0.39 is 10.0 Å². The van der Waals surface area contributed by atoms with Crippen molar-refractivity contribution in [1.82, 2.24) is 24.7 Å². The first kappa shape index (κ1) is 11.6. The summed E-state index contributed by atoms with van der Waals surface area (Å²) in [6.07, 6.45) is 4.50. The molecule has 2 aromatic rings. The van der Waals surface area contributed by atoms with E-state index in [0.717, 1.165) is 5.56 Å². The van der Waals surface area contributed by atoms with Crippen LogP contribution in [-0.2, 0) is 23.6 Å². The largest absolute Gasteiger partial charge is 0.381 e. The molecule has 17 heavy (non-hydrogen) atoms. The standard InChI is InChI=1S/C8H12N6O2S/c1-14-5-7(8(9)13-14)17(15,16)12-4-6-2-10-11-3-6/h2-3,5,12H,4H2,1H3,(H2,9,13)(H,10,11). The Balaban J connectivity index is 2.17. The third kappa shape index (κ3) is 2.45. The Hall–Kier alpha value is -1.87. The van der Waals surface area contributed by atoms with Crippen molar-refractivity contribution < 1.29 is 8.42 Å². The van der Waals surface area contributed by atoms with E-state index in [1.807, 2.05) is 0 Å². The van der Waals surface area contributed by atoms with Crippen LogP contribution in [0.2, 0.25) is 0 Å². The lowest BCUT2D eigenvalue weighted by atomic mass is 10.4. The van der Waals surface area contributed by atoms with Crippen LogP contribution in [0.5, 0.6) is 0 Å². The number of aryl methyl sites for hydroxylation is 1. The van der Waals surface area contributed by atoms with E-state index in [2.05, 4.69) is 20.0 Å². The van der Waals surface area contributed by atoms with Gasteiger partial charge in [0, 0.05) is 31.5 Å². The number of H-pyrrole nitrogens is 1. The zero-order valence-corrected chi connectivity index (χ0v) is 9.90. The third-order valence-corrected chi connectivity index (χ3v) is 3.55. The van der Waals surface area contributed by atoms with Crippen molar-refractivity contribution in [2.45, 2.75) is 11.4 Å². The monoisotopic (exact) mass is 256 g/mol. The van der Waals surface area contributed by atoms with Crippen molar-refractivity contribution in [3.05, 3.63) is 24.2 Å². The average molecular weight is 256 g/mol. The minimum Gasteiger partial charge on any atom is -0.381 e. The molecule has 2 heterocycles. The van der Waals surface area contributed by atoms with Gasteiger partial charge in [0.25, 0.3) is 0 Å². The van der Waals surface area contributed by atoms with Gasteiger partial charge in [-0.05, 0) is 0 Å². The van der Waals surface area contributed by atoms with Crippen molar-refractivity contribution in [3.8, 4) is 0 Å². The molecule has 0 aliphatic rings. The molecule has 0 aliphatic carbocycles. The maximum Gasteiger partial charge on any atom is 0.246 e. The van der Waals surface area contributed by atoms with E-state index in [-0.39, 0.29) is 17.3 Å². The highest BCUT2D eigenvalue weighted by Crippen LogP contribution is 2.15. The maximum atomic E-state index is 11.9. The predicted molar refractivity (Wildman–Crippen MR) is 60.2 cm³/mol. The lowest BCUT2D eigenvalue weighted by Gasteiger charge is -2.03. The minimum absolute atomic E-state index is 0.0211. The fourth-order valence-electron chi connectivity index (χ4n) is 1.32. The first-order valence-electron chi connectivity index (χ1n) is 4.75. The van der Waals surface area contributed by atoms with Crippen molar-refractivity contribution >= 4 is 15.8 Å². The molecule has 8 nitrogen and oxygen atoms in total. The van der Waals surface area contributed by atoms with Gasteiger partial charge in [0.15, 0.2) is 5.82 Å². The van der Waals surface area contributed by atoms with Crippen LogP contribution >= 0.6 is 0 Å². The molecule has 2 aromatic heterocycles. The molecular formula is C8H12N6O2S. The number of nitrogens with one attached hydrogen (secondary N) is 2. The zero-order valence-electron chi connectivity index (χ0n) is 9.08. The number of aromatic nitrogens is 4. The summed E-state index contributed by atoms with van der Waals surface area (Å²) in [5.41, 5.74) is 6.24. The second-order valence-electron chi connectivity index (χ2n) is 3.48. The molecule has 0 saturated heterocycles. The Morgan fingerprint density at radius 2 is 2.35 bits per heavy atom. The SMILES string of the molecule is Cn1cc(S(=O)(=O)NCc2cn[nH]c2)c(N)n1. The van der Waals surface area contributed by atoms with Crippen molar-refractivity contribution in [3.63, 3.8) is 0 Å². The Bertz CT molecular complexity index is 600. The van der Waals surface area contributed by atoms with Gasteiger partial charge in [-0.15, -0.1) is 0 Å². The second-order valence-corrected chi connectivity index (χ2v) is 5.22. The summed E-state index contributed by atoms with van der Waals surface area (Å²) >= 11 is 0. The highest BCUT2D eigenvalue weighted by atomic mass is 32.2. The number of nitrogens with two attached hydrogens (primary N) is 1. The molecule has 0 unspecified atom stereocenters. The highest BCUT2D eigenvalue weighted by Gasteiger charge is 2.20. The van der Waals surface area contributed by atoms with Crippen molar-refractivity contribution in [2.75, 3.05) is 5.73 Å². The quantitative estimate of drug-likeness (QED) is 0.662. The van der Waals surface area contributed by atoms with Crippen LogP contribution in [0.3, 0.4) is 0 Å². The van der Waals surface area contributed by atoms with Crippen molar-refractivity contribution in [1.29, 1.82) is 0 Å². The summed E-state index contributed by atoms with van der Waals surface area (Å²) in [6.45, 7) is 0.146. The van der Waals surface area contributed by atoms with E-state index >= 15 is 0 Å². The topological polar surface area (TPSA) is 119 Å². The molecule has 0 amide bonds. The van der Waals surface area contributed by atoms with Gasteiger partial charge in [0.1, 0.15) is 4.90 Å². The average Bonchev–Trinajstić information content (AvgIpc) is 2.85. The number of anilines is 1. The fourth-order valence-corrected chi connectivity index (χ4v) is 2.44. The molecule has 0 aromatic carbocycles. The van der Waals surface area contributed by atoms with E-state index in [1.165, 1.54) is 17.1 Å². The fraction of sp³-hybridized carbons (Fsp3) is 0.250. The molecule has 9 heteroatoms. The number of hydrogen-bond donors (Lipinski definition) is 3. The Kier molecular flexibility index (Phi) is 2.86. The zero-order chi connectivity index (χ0) is 12.5. The molecule has 0 atom stereocenters. The normalized spacial score (nSPS) is 11.8. The van der Waals surface area contributed by atoms with Crippen LogP contribution in [0.4, 0.5) is 5.82 Å². The van der Waals surface area contributed by atoms with Crippen LogP contribution in [0.25, 0.3) is 0 Å². The summed E-state index contributed by atoms with van der Waals surface area (Å²) in [5, 5.41) is 10.1. The molecule has 0 aliphatic heterocycles. The molecule has 0 spiro atoms. The van der Waals surface area contributed by atoms with Gasteiger partial charge < -0.3 is 5.73 Å². The Morgan fingerprint density at radius 1 is 1.59 bits per heavy atom. The van der Waals surface area contributed by atoms with Crippen molar-refractivity contribution in [2.24, 2.45) is 7.05 Å². The van der Waals surface area contributed by atoms with Crippen LogP contribution < -0.4 is 10.5 Å². The third-order valence-electron chi connectivity index (χ3n) is 2.13. The van der Waals surface area contributed by atoms with E-state index in [4.69, 9.17) is 5.73 Å². The summed E-state index contributed by atoms with van der Waals surface area (Å²) in [4.78, 5) is -0.0245. The molecule has 0 bridgehead atoms. The smallest absolute Gasteiger partial charge is 0.246 e. The molecule has 0 saturated carbocycles. The van der Waals surface area contributed by atoms with Crippen LogP contribution in [0.1, 0.15) is 5.56 Å². The van der Waals surface area contributed by atoms with Gasteiger partial charge in [-0.2, -0.15) is 10.2 Å². The molecule has 92 valence electrons. The minimum atomic E-state index is -3.65. The predicted octanol–water partition coefficient (Wildman–Crippen LogP) is -0.796. The lowest BCUT2D eigenvalue weighted by Crippen LogP contribution is -2.23. The first-order chi connectivity index (χ1) is 7.99. The summed E-state index contributed by atoms with van der Waals surface area (Å²) in [6, 6.07) is 0. The van der Waals surface area contributed by atoms with E-state index in [9.17, 15) is 8.42 Å². The number of rotatable bonds is 4. The highest BCUT2D eigenvalue weighted by molar-refractivity contribution is 7.89. The van der Waals surface area contributed by atoms with Gasteiger partial charge in [-0.1, -0.05) is 0 Å². The van der Waals surface area contributed by atoms with Gasteiger partial charge in [0.05, 0.1) is 6.20 Å². The first-order valence-corrected chi connectivity index (χ1v) is 6.24. The van der Waals surface area contributed by atoms with Gasteiger partial charge >= 0.3 is 0 Å². The van der Waals surface area contributed by atoms with E-state index in [1.54, 1.807) is 13.2 Å². The number of nitrogen functional groups attached to an aromatic ring is 1. The lowest BCUT2D eigenvalue weighted by molar-refractivity contribution is 0.581. The number of hydrogen-bond acceptors (Lipinski definition) is 5. The van der Waals surface area contributed by atoms with Crippen LogP contribution in [-0.4, -0.2) is 28.4 Å². The van der Waals surface area contributed by atoms with Gasteiger partial charge in [-0.25, -0.2) is 13.1 Å². The molecule has 0 fully saturated rings. The number of nitrogens with zero attached hydrogens (tertiary/aromatic N) is 3. The number of sulfonamides is 1. The Morgan fingerprint density at radius 3 is 2.88 bits per heavy atom. The summed E-state index contributed by atoms with van der Waals surface area (Å²) in [5.74, 6) is -0.0211. The maximum absolute atomic E-state index is 11.9. The van der Waals surface area contributed by atoms with Crippen LogP contribution in [0, 0.1) is 0 Å². The second kappa shape index (κ2) is 4.18. The Labute approximate surface area is 97.9 Å². The summed E-state index contributed by atoms with van der Waals surface area (Å²) < 4.78 is 27.5.